The fourth-order valence-corrected chi connectivity index (χ4v) is 17.0. The molecule has 8 aromatic rings. The standard InChI is InChI=1S/C62H74F2N17O14P3S2/c63-49-55-44(93-61(49)79-35-73-52-57(65)69-33-71-59(52)79)31-91-98(88,95-56-43(30-90-96(86)94-55)92-62(50(56)64)80-36-74-53-58(66)70-34-72-60(53)80)100-32-37-21-23-39(24-22-37)75-47(84)28-68-46(83)18-4-3-12-26-81-54-40-15-6-5-14-38(40)29-78(42-17-8-7-16-41(42)51(54)76-77-81)48(85)20-10-9-19-45(82)67-25-11-1-2-13-27-89-97(87)99/h5-8,14-17,21-24,33-36,43-44,49-50,55-56,61-62,96-97H,1-4,9-13,18-20,25-32H2,(H,67,82)(H,68,83)(H,75,84)(H,87,99)(H2,65,69,71)(H2,66,70,72)/t43-,44-,49-,50-,55-,56-,61-,62-,98?/m1/s1. The van der Waals surface area contributed by atoms with Crippen LogP contribution < -0.4 is 32.3 Å². The zero-order valence-corrected chi connectivity index (χ0v) is 58.3. The van der Waals surface area contributed by atoms with Crippen molar-refractivity contribution in [3.8, 4) is 22.5 Å². The molecule has 0 saturated carbocycles. The van der Waals surface area contributed by atoms with Crippen molar-refractivity contribution in [2.24, 2.45) is 0 Å². The number of imidazole rings is 2. The Kier molecular flexibility index (Phi) is 24.1. The second-order valence-electron chi connectivity index (χ2n) is 24.0. The zero-order chi connectivity index (χ0) is 69.9. The highest BCUT2D eigenvalue weighted by Crippen LogP contribution is 2.64. The maximum absolute atomic E-state index is 17.0. The third-order valence-corrected chi connectivity index (χ3v) is 22.5. The molecule has 4 aliphatic heterocycles. The van der Waals surface area contributed by atoms with E-state index < -0.39 is 90.5 Å². The first-order valence-electron chi connectivity index (χ1n) is 32.5. The number of alkyl halides is 2. The zero-order valence-electron chi connectivity index (χ0n) is 53.8. The number of hydrogen-bond acceptors (Lipinski definition) is 25. The van der Waals surface area contributed by atoms with Crippen LogP contribution in [0.15, 0.2) is 98.1 Å². The van der Waals surface area contributed by atoms with Gasteiger partial charge in [0.1, 0.15) is 53.8 Å². The maximum Gasteiger partial charge on any atom is 0.389 e. The van der Waals surface area contributed by atoms with Crippen LogP contribution >= 0.6 is 33.6 Å². The number of rotatable bonds is 27. The first-order valence-corrected chi connectivity index (χ1v) is 39.4. The van der Waals surface area contributed by atoms with Gasteiger partial charge in [0.2, 0.25) is 23.6 Å². The number of aromatic nitrogens is 11. The molecule has 532 valence electrons. The molecule has 9 heterocycles. The van der Waals surface area contributed by atoms with Gasteiger partial charge in [-0.05, 0) is 91.0 Å². The van der Waals surface area contributed by atoms with Crippen LogP contribution in [-0.4, -0.2) is 152 Å². The van der Waals surface area contributed by atoms with E-state index in [9.17, 15) is 23.7 Å². The molecule has 3 saturated heterocycles. The second-order valence-corrected chi connectivity index (χ2v) is 30.9. The number of nitrogens with one attached hydrogen (secondary N) is 3. The number of unbranched alkanes of at least 4 members (excludes halogenated alkanes) is 6. The van der Waals surface area contributed by atoms with Gasteiger partial charge in [-0.15, -0.1) is 5.10 Å². The van der Waals surface area contributed by atoms with Crippen LogP contribution in [0.2, 0.25) is 0 Å². The SMILES string of the molecule is Nc1ncnc2c1ncn2[C@@H]1O[C@@H]2COP(=O)(SCc3ccc(NC(=O)CNC(=O)CCCCCn4nnc5c4-c4ccccc4CN(C(=O)CCCCC(=O)NCCCCCCO[PH](O)=S)c4ccccc4-5)cc3)O[C@H]3[C@@H](F)[C@H](n4cnc5c(N)ncnc54)O[C@@H]3CO[PH](=O)O[C@H]2[C@H]1F. The van der Waals surface area contributed by atoms with Crippen LogP contribution in [-0.2, 0) is 91.0 Å². The summed E-state index contributed by atoms with van der Waals surface area (Å²) < 4.78 is 107. The topological polar surface area (TPSA) is 397 Å². The van der Waals surface area contributed by atoms with Crippen LogP contribution in [0.4, 0.5) is 31.8 Å². The number of carbonyl (C=O) groups excluding carboxylic acids is 4. The Morgan fingerprint density at radius 1 is 0.740 bits per heavy atom. The molecule has 4 amide bonds. The number of para-hydroxylation sites is 1. The van der Waals surface area contributed by atoms with Gasteiger partial charge in [-0.2, -0.15) is 0 Å². The normalized spacial score (nSPS) is 23.2. The molecule has 3 unspecified atom stereocenters. The highest BCUT2D eigenvalue weighted by molar-refractivity contribution is 8.54. The number of nitrogens with two attached hydrogens (primary N) is 2. The number of hydrogen-bond donors (Lipinski definition) is 6. The second kappa shape index (κ2) is 33.5. The van der Waals surface area contributed by atoms with Gasteiger partial charge < -0.3 is 60.3 Å². The Balaban J connectivity index is 0.619. The van der Waals surface area contributed by atoms with Crippen LogP contribution in [0.3, 0.4) is 0 Å². The Bertz CT molecular complexity index is 4340. The summed E-state index contributed by atoms with van der Waals surface area (Å²) in [5.74, 6) is -0.944. The summed E-state index contributed by atoms with van der Waals surface area (Å²) in [5, 5.41) is 17.7. The summed E-state index contributed by atoms with van der Waals surface area (Å²) in [5.41, 5.74) is 18.3. The molecular formula is C62H74F2N17O14P3S2. The van der Waals surface area contributed by atoms with E-state index in [0.29, 0.717) is 98.8 Å². The van der Waals surface area contributed by atoms with Gasteiger partial charge >= 0.3 is 15.1 Å². The predicted molar refractivity (Wildman–Crippen MR) is 369 cm³/mol. The summed E-state index contributed by atoms with van der Waals surface area (Å²) >= 11 is 5.36. The molecule has 100 heavy (non-hydrogen) atoms. The number of halogens is 2. The molecule has 11 atom stereocenters. The molecule has 8 N–H and O–H groups in total. The summed E-state index contributed by atoms with van der Waals surface area (Å²) in [6.45, 7) is -4.37. The van der Waals surface area contributed by atoms with Crippen molar-refractivity contribution in [1.29, 1.82) is 0 Å². The molecule has 38 heteroatoms. The third kappa shape index (κ3) is 17.3. The smallest absolute Gasteiger partial charge is 0.382 e. The van der Waals surface area contributed by atoms with E-state index in [1.165, 1.54) is 21.8 Å². The summed E-state index contributed by atoms with van der Waals surface area (Å²) in [7, 11) is -5.66. The monoisotopic (exact) mass is 1480 g/mol. The molecule has 5 aromatic heterocycles. The molecule has 4 aliphatic rings. The number of carbonyl (C=O) groups is 4. The summed E-state index contributed by atoms with van der Waals surface area (Å²) in [6.07, 6.45) is -1.30. The molecule has 0 radical (unpaired) electrons. The lowest BCUT2D eigenvalue weighted by atomic mass is 9.95. The van der Waals surface area contributed by atoms with Gasteiger partial charge in [-0.25, -0.2) is 47.9 Å². The van der Waals surface area contributed by atoms with Crippen molar-refractivity contribution in [3.63, 3.8) is 0 Å². The van der Waals surface area contributed by atoms with Crippen molar-refractivity contribution >= 4 is 114 Å². The van der Waals surface area contributed by atoms with Crippen molar-refractivity contribution < 1.29 is 74.1 Å². The lowest BCUT2D eigenvalue weighted by Crippen LogP contribution is -2.36. The number of amides is 4. The quantitative estimate of drug-likeness (QED) is 0.0208. The minimum absolute atomic E-state index is 0.0195. The van der Waals surface area contributed by atoms with Gasteiger partial charge in [0.15, 0.2) is 54.9 Å². The van der Waals surface area contributed by atoms with Gasteiger partial charge in [-0.3, -0.25) is 41.9 Å². The molecule has 3 aromatic carbocycles. The predicted octanol–water partition coefficient (Wildman–Crippen LogP) is 8.39. The van der Waals surface area contributed by atoms with E-state index in [1.54, 1.807) is 29.2 Å². The van der Waals surface area contributed by atoms with E-state index in [4.69, 9.17) is 48.5 Å². The Morgan fingerprint density at radius 2 is 1.37 bits per heavy atom. The third-order valence-electron chi connectivity index (χ3n) is 17.2. The highest BCUT2D eigenvalue weighted by Gasteiger charge is 2.54. The minimum Gasteiger partial charge on any atom is -0.382 e. The number of fused-ring (bicyclic) bond motifs is 9. The number of ether oxygens (including phenoxy) is 2. The molecule has 0 spiro atoms. The summed E-state index contributed by atoms with van der Waals surface area (Å²) in [4.78, 5) is 88.4. The highest BCUT2D eigenvalue weighted by atomic mass is 32.7. The van der Waals surface area contributed by atoms with Gasteiger partial charge in [0.25, 0.3) is 0 Å². The van der Waals surface area contributed by atoms with E-state index in [2.05, 4.69) is 68.0 Å². The first-order chi connectivity index (χ1) is 48.5. The van der Waals surface area contributed by atoms with Crippen molar-refractivity contribution in [2.45, 2.75) is 145 Å². The maximum atomic E-state index is 17.0. The van der Waals surface area contributed by atoms with Gasteiger partial charge in [0.05, 0.1) is 56.9 Å². The van der Waals surface area contributed by atoms with E-state index in [-0.39, 0.29) is 76.8 Å². The number of nitrogens with zero attached hydrogens (tertiary/aromatic N) is 12. The molecular weight excluding hydrogens is 1400 g/mol. The minimum atomic E-state index is -4.58. The Morgan fingerprint density at radius 3 is 2.09 bits per heavy atom. The van der Waals surface area contributed by atoms with E-state index in [0.717, 1.165) is 60.7 Å². The van der Waals surface area contributed by atoms with E-state index >= 15 is 13.3 Å². The molecule has 12 rings (SSSR count). The van der Waals surface area contributed by atoms with Gasteiger partial charge in [-0.1, -0.05) is 79.1 Å². The fourth-order valence-electron chi connectivity index (χ4n) is 12.2. The summed E-state index contributed by atoms with van der Waals surface area (Å²) in [6, 6.07) is 22.0. The van der Waals surface area contributed by atoms with Crippen molar-refractivity contribution in [2.75, 3.05) is 54.6 Å². The lowest BCUT2D eigenvalue weighted by Gasteiger charge is -2.28. The fraction of sp³-hybridized carbons (Fsp3) is 0.452. The molecule has 3 fully saturated rings. The molecule has 0 aliphatic carbocycles. The average Bonchev–Trinajstić information content (AvgIpc) is 1.50. The van der Waals surface area contributed by atoms with E-state index in [1.807, 2.05) is 53.2 Å². The number of nitrogen functional groups attached to an aromatic ring is 2. The van der Waals surface area contributed by atoms with Crippen LogP contribution in [0.25, 0.3) is 44.8 Å². The number of aryl methyl sites for hydroxylation is 1. The largest absolute Gasteiger partial charge is 0.389 e. The molecule has 0 bridgehead atoms. The van der Waals surface area contributed by atoms with Crippen LogP contribution in [0, 0.1) is 0 Å². The van der Waals surface area contributed by atoms with Crippen LogP contribution in [0.5, 0.6) is 0 Å². The van der Waals surface area contributed by atoms with Crippen LogP contribution in [0.1, 0.15) is 101 Å². The van der Waals surface area contributed by atoms with Crippen molar-refractivity contribution in [3.05, 3.63) is 109 Å². The van der Waals surface area contributed by atoms with Crippen molar-refractivity contribution in [1.82, 2.24) is 64.7 Å². The molecule has 31 nitrogen and oxygen atoms in total. The average molecular weight is 1480 g/mol. The number of anilines is 4. The number of benzene rings is 3. The van der Waals surface area contributed by atoms with Gasteiger partial charge in [0, 0.05) is 54.9 Å². The Hall–Kier alpha value is -7.62. The Labute approximate surface area is 581 Å². The lowest BCUT2D eigenvalue weighted by molar-refractivity contribution is -0.124. The first kappa shape index (κ1) is 72.2.